The summed E-state index contributed by atoms with van der Waals surface area (Å²) in [5.74, 6) is -1.59. The van der Waals surface area contributed by atoms with Gasteiger partial charge in [-0.3, -0.25) is 4.79 Å². The minimum atomic E-state index is -4.80. The number of hydrogen-bond acceptors (Lipinski definition) is 4. The number of carbonyl (C=O) groups is 1. The van der Waals surface area contributed by atoms with Crippen LogP contribution in [0.3, 0.4) is 0 Å². The molecule has 30 heavy (non-hydrogen) atoms. The molecule has 1 aliphatic rings. The second-order valence-corrected chi connectivity index (χ2v) is 8.82. The van der Waals surface area contributed by atoms with Crippen LogP contribution in [-0.4, -0.2) is 31.8 Å². The molecule has 1 saturated heterocycles. The van der Waals surface area contributed by atoms with E-state index in [1.807, 2.05) is 0 Å². The van der Waals surface area contributed by atoms with Crippen molar-refractivity contribution in [1.82, 2.24) is 4.31 Å². The van der Waals surface area contributed by atoms with Crippen molar-refractivity contribution in [2.24, 2.45) is 5.92 Å². The lowest BCUT2D eigenvalue weighted by atomic mass is 9.98. The number of alkyl halides is 3. The van der Waals surface area contributed by atoms with Crippen LogP contribution in [0, 0.1) is 11.7 Å². The average molecular weight is 445 g/mol. The maximum Gasteiger partial charge on any atom is 0.417 e. The van der Waals surface area contributed by atoms with E-state index in [0.717, 1.165) is 22.5 Å². The maximum absolute atomic E-state index is 13.2. The Morgan fingerprint density at radius 2 is 1.73 bits per heavy atom. The van der Waals surface area contributed by atoms with E-state index in [2.05, 4.69) is 0 Å². The second-order valence-electron chi connectivity index (χ2n) is 6.91. The largest absolute Gasteiger partial charge is 0.461 e. The zero-order valence-electron chi connectivity index (χ0n) is 15.7. The number of carbonyl (C=O) groups excluding carboxylic acids is 1. The average Bonchev–Trinajstić information content (AvgIpc) is 2.71. The van der Waals surface area contributed by atoms with Gasteiger partial charge in [0.1, 0.15) is 12.4 Å². The number of sulfonamides is 1. The van der Waals surface area contributed by atoms with Crippen molar-refractivity contribution in [2.75, 3.05) is 13.1 Å². The van der Waals surface area contributed by atoms with Gasteiger partial charge < -0.3 is 4.74 Å². The van der Waals surface area contributed by atoms with Gasteiger partial charge in [0.25, 0.3) is 0 Å². The lowest BCUT2D eigenvalue weighted by Crippen LogP contribution is -2.41. The van der Waals surface area contributed by atoms with E-state index in [4.69, 9.17) is 4.74 Å². The van der Waals surface area contributed by atoms with Crippen LogP contribution in [-0.2, 0) is 32.3 Å². The molecule has 0 bridgehead atoms. The van der Waals surface area contributed by atoms with E-state index >= 15 is 0 Å². The third-order valence-electron chi connectivity index (χ3n) is 4.87. The highest BCUT2D eigenvalue weighted by molar-refractivity contribution is 7.89. The summed E-state index contributed by atoms with van der Waals surface area (Å²) in [6, 6.07) is 9.60. The van der Waals surface area contributed by atoms with Crippen molar-refractivity contribution in [2.45, 2.75) is 30.5 Å². The fraction of sp³-hybridized carbons (Fsp3) is 0.350. The number of hydrogen-bond donors (Lipinski definition) is 0. The van der Waals surface area contributed by atoms with Gasteiger partial charge in [-0.2, -0.15) is 17.5 Å². The van der Waals surface area contributed by atoms with Gasteiger partial charge in [-0.25, -0.2) is 12.8 Å². The van der Waals surface area contributed by atoms with Crippen LogP contribution in [0.1, 0.15) is 24.0 Å². The van der Waals surface area contributed by atoms with Crippen LogP contribution in [0.25, 0.3) is 0 Å². The normalized spacial score (nSPS) is 16.4. The smallest absolute Gasteiger partial charge is 0.417 e. The number of nitrogens with zero attached hydrogens (tertiary/aromatic N) is 1. The maximum atomic E-state index is 13.2. The summed E-state index contributed by atoms with van der Waals surface area (Å²) in [5, 5.41) is 0. The fourth-order valence-electron chi connectivity index (χ4n) is 3.30. The summed E-state index contributed by atoms with van der Waals surface area (Å²) in [7, 11) is -4.37. The van der Waals surface area contributed by atoms with Gasteiger partial charge in [-0.15, -0.1) is 0 Å². The molecular formula is C20H19F4NO4S. The molecule has 1 aliphatic heterocycles. The van der Waals surface area contributed by atoms with E-state index in [1.54, 1.807) is 6.07 Å². The predicted molar refractivity (Wildman–Crippen MR) is 99.1 cm³/mol. The first-order valence-electron chi connectivity index (χ1n) is 9.16. The number of ether oxygens (including phenoxy) is 1. The molecule has 0 atom stereocenters. The topological polar surface area (TPSA) is 63.7 Å². The molecule has 2 aromatic rings. The highest BCUT2D eigenvalue weighted by atomic mass is 32.2. The first-order chi connectivity index (χ1) is 14.1. The van der Waals surface area contributed by atoms with Crippen LogP contribution in [0.15, 0.2) is 53.4 Å². The van der Waals surface area contributed by atoms with Crippen molar-refractivity contribution < 1.29 is 35.5 Å². The molecule has 2 aromatic carbocycles. The van der Waals surface area contributed by atoms with Crippen LogP contribution in [0.2, 0.25) is 0 Å². The Hall–Kier alpha value is -2.46. The minimum absolute atomic E-state index is 0.103. The minimum Gasteiger partial charge on any atom is -0.461 e. The van der Waals surface area contributed by atoms with Gasteiger partial charge in [-0.05, 0) is 42.7 Å². The van der Waals surface area contributed by atoms with Gasteiger partial charge in [0, 0.05) is 13.1 Å². The van der Waals surface area contributed by atoms with E-state index in [0.29, 0.717) is 5.56 Å². The monoisotopic (exact) mass is 445 g/mol. The van der Waals surface area contributed by atoms with Crippen molar-refractivity contribution in [1.29, 1.82) is 0 Å². The SMILES string of the molecule is O=C(OCc1cccc(F)c1)C1CCN(S(=O)(=O)c2ccccc2C(F)(F)F)CC1. The summed E-state index contributed by atoms with van der Waals surface area (Å²) >= 11 is 0. The van der Waals surface area contributed by atoms with Crippen LogP contribution in [0.4, 0.5) is 17.6 Å². The molecule has 0 radical (unpaired) electrons. The predicted octanol–water partition coefficient (Wildman–Crippen LogP) is 3.99. The Bertz CT molecular complexity index is 1020. The molecule has 0 amide bonds. The molecule has 0 spiro atoms. The van der Waals surface area contributed by atoms with Gasteiger partial charge in [0.15, 0.2) is 0 Å². The van der Waals surface area contributed by atoms with E-state index in [9.17, 15) is 30.8 Å². The standard InChI is InChI=1S/C20H19F4NO4S/c21-16-5-3-4-14(12-16)13-29-19(26)15-8-10-25(11-9-15)30(27,28)18-7-2-1-6-17(18)20(22,23)24/h1-7,12,15H,8-11,13H2. The number of halogens is 4. The third-order valence-corrected chi connectivity index (χ3v) is 6.82. The quantitative estimate of drug-likeness (QED) is 0.516. The zero-order valence-corrected chi connectivity index (χ0v) is 16.5. The van der Waals surface area contributed by atoms with E-state index in [-0.39, 0.29) is 32.5 Å². The fourth-order valence-corrected chi connectivity index (χ4v) is 4.98. The highest BCUT2D eigenvalue weighted by Gasteiger charge is 2.40. The van der Waals surface area contributed by atoms with Crippen molar-refractivity contribution in [3.05, 3.63) is 65.5 Å². The Labute approximate surface area is 171 Å². The molecule has 0 aromatic heterocycles. The molecule has 5 nitrogen and oxygen atoms in total. The van der Waals surface area contributed by atoms with Gasteiger partial charge in [0.05, 0.1) is 16.4 Å². The summed E-state index contributed by atoms with van der Waals surface area (Å²) < 4.78 is 84.4. The molecular weight excluding hydrogens is 426 g/mol. The van der Waals surface area contributed by atoms with E-state index < -0.39 is 44.4 Å². The van der Waals surface area contributed by atoms with Crippen LogP contribution in [0.5, 0.6) is 0 Å². The molecule has 0 aliphatic carbocycles. The first-order valence-corrected chi connectivity index (χ1v) is 10.6. The zero-order chi connectivity index (χ0) is 21.9. The third kappa shape index (κ3) is 4.99. The summed E-state index contributed by atoms with van der Waals surface area (Å²) in [4.78, 5) is 11.4. The number of piperidine rings is 1. The molecule has 10 heteroatoms. The summed E-state index contributed by atoms with van der Waals surface area (Å²) in [6.07, 6.45) is -4.56. The van der Waals surface area contributed by atoms with Crippen molar-refractivity contribution in [3.8, 4) is 0 Å². The van der Waals surface area contributed by atoms with Crippen molar-refractivity contribution in [3.63, 3.8) is 0 Å². The lowest BCUT2D eigenvalue weighted by Gasteiger charge is -2.30. The molecule has 0 unspecified atom stereocenters. The van der Waals surface area contributed by atoms with Crippen LogP contribution >= 0.6 is 0 Å². The molecule has 1 heterocycles. The highest BCUT2D eigenvalue weighted by Crippen LogP contribution is 2.36. The molecule has 3 rings (SSSR count). The Morgan fingerprint density at radius 1 is 1.07 bits per heavy atom. The number of benzene rings is 2. The summed E-state index contributed by atoms with van der Waals surface area (Å²) in [5.41, 5.74) is -0.742. The first kappa shape index (κ1) is 22.2. The molecule has 0 saturated carbocycles. The van der Waals surface area contributed by atoms with Crippen LogP contribution < -0.4 is 0 Å². The second kappa shape index (κ2) is 8.73. The number of rotatable bonds is 5. The summed E-state index contributed by atoms with van der Waals surface area (Å²) in [6.45, 7) is -0.323. The Balaban J connectivity index is 1.63. The Morgan fingerprint density at radius 3 is 2.37 bits per heavy atom. The van der Waals surface area contributed by atoms with Gasteiger partial charge in [-0.1, -0.05) is 24.3 Å². The van der Waals surface area contributed by atoms with Crippen molar-refractivity contribution >= 4 is 16.0 Å². The van der Waals surface area contributed by atoms with E-state index in [1.165, 1.54) is 24.3 Å². The van der Waals surface area contributed by atoms with Gasteiger partial charge >= 0.3 is 12.1 Å². The molecule has 162 valence electrons. The number of esters is 1. The van der Waals surface area contributed by atoms with Gasteiger partial charge in [0.2, 0.25) is 10.0 Å². The Kier molecular flexibility index (Phi) is 6.47. The molecule has 1 fully saturated rings. The molecule has 0 N–H and O–H groups in total. The lowest BCUT2D eigenvalue weighted by molar-refractivity contribution is -0.151.